The molecule has 1 N–H and O–H groups in total. The van der Waals surface area contributed by atoms with Crippen LogP contribution in [-0.2, 0) is 16.1 Å². The Bertz CT molecular complexity index is 984. The Balaban J connectivity index is 1.46. The summed E-state index contributed by atoms with van der Waals surface area (Å²) < 4.78 is 20.8. The molecule has 1 aromatic heterocycles. The number of ether oxygens (including phenoxy) is 3. The van der Waals surface area contributed by atoms with Gasteiger partial charge in [0.1, 0.15) is 11.5 Å². The maximum atomic E-state index is 12.0. The van der Waals surface area contributed by atoms with E-state index in [1.165, 1.54) is 12.1 Å². The van der Waals surface area contributed by atoms with Gasteiger partial charge in [-0.2, -0.15) is 0 Å². The van der Waals surface area contributed by atoms with Gasteiger partial charge in [-0.3, -0.25) is 4.79 Å². The quantitative estimate of drug-likeness (QED) is 0.578. The van der Waals surface area contributed by atoms with Gasteiger partial charge >= 0.3 is 5.97 Å². The van der Waals surface area contributed by atoms with E-state index in [0.29, 0.717) is 28.6 Å². The number of aromatic nitrogens is 2. The van der Waals surface area contributed by atoms with Crippen molar-refractivity contribution in [2.24, 2.45) is 0 Å². The predicted molar refractivity (Wildman–Crippen MR) is 102 cm³/mol. The lowest BCUT2D eigenvalue weighted by Gasteiger charge is -2.09. The molecule has 0 aliphatic carbocycles. The van der Waals surface area contributed by atoms with Gasteiger partial charge in [-0.25, -0.2) is 4.79 Å². The topological polar surface area (TPSA) is 113 Å². The number of anilines is 1. The number of nitrogens with one attached hydrogen (secondary N) is 1. The summed E-state index contributed by atoms with van der Waals surface area (Å²) in [5.74, 6) is 0.834. The number of hydrogen-bond donors (Lipinski definition) is 1. The zero-order valence-electron chi connectivity index (χ0n) is 15.9. The zero-order valence-corrected chi connectivity index (χ0v) is 15.9. The monoisotopic (exact) mass is 397 g/mol. The summed E-state index contributed by atoms with van der Waals surface area (Å²) >= 11 is 0. The van der Waals surface area contributed by atoms with E-state index >= 15 is 0 Å². The highest BCUT2D eigenvalue weighted by atomic mass is 16.5. The number of methoxy groups -OCH3 is 1. The van der Waals surface area contributed by atoms with Gasteiger partial charge < -0.3 is 23.9 Å². The van der Waals surface area contributed by atoms with E-state index < -0.39 is 5.97 Å². The first-order valence-electron chi connectivity index (χ1n) is 8.66. The number of nitrogens with zero attached hydrogens (tertiary/aromatic N) is 2. The van der Waals surface area contributed by atoms with Crippen molar-refractivity contribution < 1.29 is 28.2 Å². The molecule has 3 aromatic rings. The Labute approximate surface area is 166 Å². The summed E-state index contributed by atoms with van der Waals surface area (Å²) in [6, 6.07) is 13.2. The molecule has 0 saturated heterocycles. The average Bonchev–Trinajstić information content (AvgIpc) is 3.16. The van der Waals surface area contributed by atoms with Gasteiger partial charge in [-0.15, -0.1) is 10.2 Å². The Hall–Kier alpha value is -3.88. The molecule has 0 aliphatic rings. The van der Waals surface area contributed by atoms with E-state index in [2.05, 4.69) is 15.5 Å². The van der Waals surface area contributed by atoms with Gasteiger partial charge in [0.2, 0.25) is 5.89 Å². The second kappa shape index (κ2) is 9.36. The normalized spacial score (nSPS) is 10.3. The van der Waals surface area contributed by atoms with Crippen molar-refractivity contribution in [2.45, 2.75) is 13.5 Å². The first kappa shape index (κ1) is 19.9. The van der Waals surface area contributed by atoms with Gasteiger partial charge in [0.05, 0.1) is 12.7 Å². The van der Waals surface area contributed by atoms with Gasteiger partial charge in [0.15, 0.2) is 13.2 Å². The van der Waals surface area contributed by atoms with Crippen LogP contribution in [-0.4, -0.2) is 35.8 Å². The Morgan fingerprint density at radius 3 is 2.55 bits per heavy atom. The van der Waals surface area contributed by atoms with Crippen molar-refractivity contribution in [3.8, 4) is 11.5 Å². The molecule has 0 saturated carbocycles. The summed E-state index contributed by atoms with van der Waals surface area (Å²) in [7, 11) is 1.55. The van der Waals surface area contributed by atoms with Gasteiger partial charge in [-0.05, 0) is 36.4 Å². The van der Waals surface area contributed by atoms with Crippen molar-refractivity contribution in [2.75, 3.05) is 19.0 Å². The smallest absolute Gasteiger partial charge is 0.338 e. The van der Waals surface area contributed by atoms with Crippen LogP contribution in [0, 0.1) is 6.92 Å². The summed E-state index contributed by atoms with van der Waals surface area (Å²) in [6.45, 7) is 1.36. The van der Waals surface area contributed by atoms with Gasteiger partial charge in [0.25, 0.3) is 11.8 Å². The van der Waals surface area contributed by atoms with E-state index in [1.54, 1.807) is 50.4 Å². The van der Waals surface area contributed by atoms with E-state index in [9.17, 15) is 9.59 Å². The lowest BCUT2D eigenvalue weighted by Crippen LogP contribution is -2.20. The minimum Gasteiger partial charge on any atom is -0.497 e. The second-order valence-electron chi connectivity index (χ2n) is 5.88. The third-order valence-corrected chi connectivity index (χ3v) is 3.71. The van der Waals surface area contributed by atoms with Crippen LogP contribution in [0.3, 0.4) is 0 Å². The summed E-state index contributed by atoms with van der Waals surface area (Å²) in [5.41, 5.74) is 0.932. The first-order chi connectivity index (χ1) is 14.0. The molecule has 2 aromatic carbocycles. The minimum absolute atomic E-state index is 0.109. The minimum atomic E-state index is -0.539. The molecule has 9 heteroatoms. The largest absolute Gasteiger partial charge is 0.497 e. The number of rotatable bonds is 8. The van der Waals surface area contributed by atoms with Gasteiger partial charge in [-0.1, -0.05) is 6.07 Å². The molecule has 0 spiro atoms. The molecule has 0 atom stereocenters. The van der Waals surface area contributed by atoms with Crippen molar-refractivity contribution >= 4 is 17.6 Å². The lowest BCUT2D eigenvalue weighted by molar-refractivity contribution is -0.118. The Kier molecular flexibility index (Phi) is 6.41. The highest BCUT2D eigenvalue weighted by Crippen LogP contribution is 2.17. The van der Waals surface area contributed by atoms with E-state index in [1.807, 2.05) is 0 Å². The Morgan fingerprint density at radius 1 is 1.07 bits per heavy atom. The molecule has 0 bridgehead atoms. The average molecular weight is 397 g/mol. The molecule has 1 heterocycles. The van der Waals surface area contributed by atoms with Crippen LogP contribution in [0.1, 0.15) is 22.1 Å². The maximum absolute atomic E-state index is 12.0. The van der Waals surface area contributed by atoms with Crippen LogP contribution in [0.25, 0.3) is 0 Å². The van der Waals surface area contributed by atoms with Crippen molar-refractivity contribution in [3.63, 3.8) is 0 Å². The molecule has 29 heavy (non-hydrogen) atoms. The fourth-order valence-electron chi connectivity index (χ4n) is 2.34. The summed E-state index contributed by atoms with van der Waals surface area (Å²) in [5, 5.41) is 10.1. The van der Waals surface area contributed by atoms with Crippen LogP contribution in [0.15, 0.2) is 52.9 Å². The third kappa shape index (κ3) is 5.80. The van der Waals surface area contributed by atoms with Gasteiger partial charge in [0, 0.05) is 18.7 Å². The van der Waals surface area contributed by atoms with Crippen molar-refractivity contribution in [3.05, 3.63) is 65.9 Å². The van der Waals surface area contributed by atoms with Crippen LogP contribution in [0.5, 0.6) is 11.5 Å². The van der Waals surface area contributed by atoms with Crippen LogP contribution >= 0.6 is 0 Å². The number of carbonyl (C=O) groups is 2. The van der Waals surface area contributed by atoms with E-state index in [-0.39, 0.29) is 25.0 Å². The standard InChI is InChI=1S/C20H19N3O6/c1-13-22-23-19(29-13)12-28-20(25)14-6-8-16(9-7-14)27-11-18(24)21-15-4-3-5-17(10-15)26-2/h3-10H,11-12H2,1-2H3,(H,21,24). The van der Waals surface area contributed by atoms with E-state index in [0.717, 1.165) is 0 Å². The van der Waals surface area contributed by atoms with E-state index in [4.69, 9.17) is 18.6 Å². The molecule has 150 valence electrons. The third-order valence-electron chi connectivity index (χ3n) is 3.71. The van der Waals surface area contributed by atoms with Crippen LogP contribution < -0.4 is 14.8 Å². The molecule has 1 amide bonds. The molecule has 0 fully saturated rings. The lowest BCUT2D eigenvalue weighted by atomic mass is 10.2. The summed E-state index contributed by atoms with van der Waals surface area (Å²) in [6.07, 6.45) is 0. The second-order valence-corrected chi connectivity index (χ2v) is 5.88. The first-order valence-corrected chi connectivity index (χ1v) is 8.66. The highest BCUT2D eigenvalue weighted by Gasteiger charge is 2.11. The number of esters is 1. The molecular weight excluding hydrogens is 378 g/mol. The predicted octanol–water partition coefficient (Wildman–Crippen LogP) is 2.76. The summed E-state index contributed by atoms with van der Waals surface area (Å²) in [4.78, 5) is 24.0. The molecule has 0 radical (unpaired) electrons. The molecule has 3 rings (SSSR count). The maximum Gasteiger partial charge on any atom is 0.338 e. The fraction of sp³-hybridized carbons (Fsp3) is 0.200. The number of hydrogen-bond acceptors (Lipinski definition) is 8. The Morgan fingerprint density at radius 2 is 1.86 bits per heavy atom. The molecule has 9 nitrogen and oxygen atoms in total. The highest BCUT2D eigenvalue weighted by molar-refractivity contribution is 5.92. The number of amides is 1. The zero-order chi connectivity index (χ0) is 20.6. The number of benzene rings is 2. The fourth-order valence-corrected chi connectivity index (χ4v) is 2.34. The molecule has 0 aliphatic heterocycles. The number of carbonyl (C=O) groups excluding carboxylic acids is 2. The van der Waals surface area contributed by atoms with Crippen LogP contribution in [0.2, 0.25) is 0 Å². The SMILES string of the molecule is COc1cccc(NC(=O)COc2ccc(C(=O)OCc3nnc(C)o3)cc2)c1. The number of aryl methyl sites for hydroxylation is 1. The van der Waals surface area contributed by atoms with Crippen LogP contribution in [0.4, 0.5) is 5.69 Å². The van der Waals surface area contributed by atoms with Crippen molar-refractivity contribution in [1.29, 1.82) is 0 Å². The molecular formula is C20H19N3O6. The molecule has 0 unspecified atom stereocenters. The van der Waals surface area contributed by atoms with Crippen molar-refractivity contribution in [1.82, 2.24) is 10.2 Å².